The van der Waals surface area contributed by atoms with E-state index in [1.807, 2.05) is 24.3 Å². The lowest BCUT2D eigenvalue weighted by molar-refractivity contribution is 0.134. The third-order valence-electron chi connectivity index (χ3n) is 5.11. The number of nitrogens with one attached hydrogen (secondary N) is 1. The highest BCUT2D eigenvalue weighted by molar-refractivity contribution is 7.92. The van der Waals surface area contributed by atoms with E-state index in [9.17, 15) is 22.9 Å². The van der Waals surface area contributed by atoms with Crippen LogP contribution in [0.25, 0.3) is 0 Å². The van der Waals surface area contributed by atoms with Gasteiger partial charge in [0.25, 0.3) is 0 Å². The third kappa shape index (κ3) is 5.80. The summed E-state index contributed by atoms with van der Waals surface area (Å²) in [7, 11) is -3.69. The van der Waals surface area contributed by atoms with Crippen LogP contribution < -0.4 is 5.32 Å². The minimum absolute atomic E-state index is 0.0388. The zero-order valence-electron chi connectivity index (χ0n) is 17.0. The van der Waals surface area contributed by atoms with Crippen LogP contribution in [0, 0.1) is 17.1 Å². The molecule has 0 heterocycles. The predicted octanol–water partition coefficient (Wildman–Crippen LogP) is 4.29. The van der Waals surface area contributed by atoms with Crippen molar-refractivity contribution in [1.82, 2.24) is 5.32 Å². The molecular formula is C22H25FN2O4S. The van der Waals surface area contributed by atoms with E-state index in [0.717, 1.165) is 11.8 Å². The molecule has 2 unspecified atom stereocenters. The monoisotopic (exact) mass is 432 g/mol. The van der Waals surface area contributed by atoms with Crippen molar-refractivity contribution in [3.8, 4) is 6.07 Å². The first-order valence-corrected chi connectivity index (χ1v) is 11.4. The molecule has 2 atom stereocenters. The SMILES string of the molecule is CCC(C#N)(CCC(NC(=O)OCc1ccccc1)c1ccccc1F)S(C)(=O)=O. The van der Waals surface area contributed by atoms with E-state index < -0.39 is 32.5 Å². The lowest BCUT2D eigenvalue weighted by Gasteiger charge is -2.26. The van der Waals surface area contributed by atoms with E-state index in [1.54, 1.807) is 25.1 Å². The van der Waals surface area contributed by atoms with Gasteiger partial charge in [-0.25, -0.2) is 17.6 Å². The Balaban J connectivity index is 2.18. The van der Waals surface area contributed by atoms with Crippen molar-refractivity contribution in [3.63, 3.8) is 0 Å². The number of nitriles is 1. The highest BCUT2D eigenvalue weighted by Gasteiger charge is 2.40. The zero-order chi connectivity index (χ0) is 22.2. The molecule has 0 spiro atoms. The maximum absolute atomic E-state index is 14.4. The van der Waals surface area contributed by atoms with E-state index >= 15 is 0 Å². The molecule has 2 aromatic rings. The van der Waals surface area contributed by atoms with Gasteiger partial charge in [-0.2, -0.15) is 5.26 Å². The Morgan fingerprint density at radius 1 is 1.20 bits per heavy atom. The molecule has 0 saturated heterocycles. The molecule has 2 aromatic carbocycles. The molecule has 1 amide bonds. The van der Waals surface area contributed by atoms with Crippen LogP contribution in [0.3, 0.4) is 0 Å². The van der Waals surface area contributed by atoms with Gasteiger partial charge in [0.1, 0.15) is 12.4 Å². The quantitative estimate of drug-likeness (QED) is 0.638. The molecule has 0 bridgehead atoms. The molecule has 8 heteroatoms. The van der Waals surface area contributed by atoms with Crippen LogP contribution in [-0.2, 0) is 21.2 Å². The van der Waals surface area contributed by atoms with Crippen molar-refractivity contribution in [2.45, 2.75) is 43.6 Å². The van der Waals surface area contributed by atoms with Gasteiger partial charge >= 0.3 is 6.09 Å². The molecule has 0 aliphatic heterocycles. The number of hydrogen-bond donors (Lipinski definition) is 1. The number of amides is 1. The maximum atomic E-state index is 14.4. The number of hydrogen-bond acceptors (Lipinski definition) is 5. The summed E-state index contributed by atoms with van der Waals surface area (Å²) in [5.41, 5.74) is 0.993. The van der Waals surface area contributed by atoms with Gasteiger partial charge in [0, 0.05) is 11.8 Å². The minimum atomic E-state index is -3.69. The average molecular weight is 433 g/mol. The van der Waals surface area contributed by atoms with Crippen molar-refractivity contribution in [3.05, 3.63) is 71.5 Å². The second-order valence-corrected chi connectivity index (χ2v) is 9.38. The van der Waals surface area contributed by atoms with Crippen molar-refractivity contribution in [1.29, 1.82) is 5.26 Å². The molecule has 0 saturated carbocycles. The third-order valence-corrected chi connectivity index (χ3v) is 7.11. The zero-order valence-corrected chi connectivity index (χ0v) is 17.8. The number of carbonyl (C=O) groups excluding carboxylic acids is 1. The highest BCUT2D eigenvalue weighted by atomic mass is 32.2. The van der Waals surface area contributed by atoms with Crippen LogP contribution in [0.2, 0.25) is 0 Å². The molecule has 30 heavy (non-hydrogen) atoms. The Bertz CT molecular complexity index is 1010. The molecular weight excluding hydrogens is 407 g/mol. The number of rotatable bonds is 9. The summed E-state index contributed by atoms with van der Waals surface area (Å²) in [6, 6.07) is 16.0. The molecule has 6 nitrogen and oxygen atoms in total. The predicted molar refractivity (Wildman–Crippen MR) is 112 cm³/mol. The Kier molecular flexibility index (Phi) is 7.95. The number of alkyl carbamates (subject to hydrolysis) is 1. The Morgan fingerprint density at radius 3 is 2.40 bits per heavy atom. The van der Waals surface area contributed by atoms with E-state index in [4.69, 9.17) is 4.74 Å². The maximum Gasteiger partial charge on any atom is 0.407 e. The second kappa shape index (κ2) is 10.2. The smallest absolute Gasteiger partial charge is 0.407 e. The van der Waals surface area contributed by atoms with Crippen molar-refractivity contribution < 1.29 is 22.3 Å². The highest BCUT2D eigenvalue weighted by Crippen LogP contribution is 2.31. The fraction of sp³-hybridized carbons (Fsp3) is 0.364. The van der Waals surface area contributed by atoms with Gasteiger partial charge in [-0.05, 0) is 30.9 Å². The van der Waals surface area contributed by atoms with Crippen molar-refractivity contribution in [2.24, 2.45) is 0 Å². The Labute approximate surface area is 176 Å². The van der Waals surface area contributed by atoms with Crippen molar-refractivity contribution in [2.75, 3.05) is 6.26 Å². The number of nitrogens with zero attached hydrogens (tertiary/aromatic N) is 1. The first-order chi connectivity index (χ1) is 14.2. The first kappa shape index (κ1) is 23.4. The molecule has 160 valence electrons. The summed E-state index contributed by atoms with van der Waals surface area (Å²) in [4.78, 5) is 12.3. The molecule has 0 aliphatic rings. The summed E-state index contributed by atoms with van der Waals surface area (Å²) in [5.74, 6) is -0.538. The summed E-state index contributed by atoms with van der Waals surface area (Å²) in [6.45, 7) is 1.65. The standard InChI is InChI=1S/C22H25FN2O4S/c1-3-22(16-24,30(2,27)28)14-13-20(18-11-7-8-12-19(18)23)25-21(26)29-15-17-9-5-4-6-10-17/h4-12,20H,3,13-15H2,1-2H3,(H,25,26). The number of sulfone groups is 1. The van der Waals surface area contributed by atoms with Crippen LogP contribution >= 0.6 is 0 Å². The Morgan fingerprint density at radius 2 is 1.83 bits per heavy atom. The van der Waals surface area contributed by atoms with Gasteiger partial charge in [0.05, 0.1) is 12.1 Å². The summed E-state index contributed by atoms with van der Waals surface area (Å²) in [5, 5.41) is 12.1. The number of halogens is 1. The first-order valence-electron chi connectivity index (χ1n) is 9.55. The summed E-state index contributed by atoms with van der Waals surface area (Å²) in [6.07, 6.45) is 0.335. The van der Waals surface area contributed by atoms with Crippen LogP contribution in [0.1, 0.15) is 43.4 Å². The van der Waals surface area contributed by atoms with Crippen LogP contribution in [0.5, 0.6) is 0 Å². The number of carbonyl (C=O) groups is 1. The largest absolute Gasteiger partial charge is 0.445 e. The normalized spacial score (nSPS) is 14.2. The second-order valence-electron chi connectivity index (χ2n) is 7.05. The van der Waals surface area contributed by atoms with Crippen LogP contribution in [0.15, 0.2) is 54.6 Å². The molecule has 0 aliphatic carbocycles. The molecule has 0 radical (unpaired) electrons. The molecule has 0 aromatic heterocycles. The molecule has 1 N–H and O–H groups in total. The minimum Gasteiger partial charge on any atom is -0.445 e. The summed E-state index contributed by atoms with van der Waals surface area (Å²) >= 11 is 0. The van der Waals surface area contributed by atoms with Gasteiger partial charge in [-0.15, -0.1) is 0 Å². The van der Waals surface area contributed by atoms with E-state index in [2.05, 4.69) is 5.32 Å². The lowest BCUT2D eigenvalue weighted by atomic mass is 9.94. The van der Waals surface area contributed by atoms with E-state index in [-0.39, 0.29) is 31.4 Å². The molecule has 2 rings (SSSR count). The van der Waals surface area contributed by atoms with E-state index in [0.29, 0.717) is 0 Å². The van der Waals surface area contributed by atoms with E-state index in [1.165, 1.54) is 18.2 Å². The molecule has 0 fully saturated rings. The van der Waals surface area contributed by atoms with Crippen LogP contribution in [0.4, 0.5) is 9.18 Å². The average Bonchev–Trinajstić information content (AvgIpc) is 2.72. The van der Waals surface area contributed by atoms with Crippen molar-refractivity contribution >= 4 is 15.9 Å². The van der Waals surface area contributed by atoms with Crippen LogP contribution in [-0.4, -0.2) is 25.5 Å². The van der Waals surface area contributed by atoms with Gasteiger partial charge in [-0.1, -0.05) is 55.5 Å². The number of ether oxygens (including phenoxy) is 1. The van der Waals surface area contributed by atoms with Gasteiger partial charge in [-0.3, -0.25) is 0 Å². The summed E-state index contributed by atoms with van der Waals surface area (Å²) < 4.78 is 42.4. The fourth-order valence-corrected chi connectivity index (χ4v) is 4.37. The number of benzene rings is 2. The Hall–Kier alpha value is -2.92. The van der Waals surface area contributed by atoms with Gasteiger partial charge < -0.3 is 10.1 Å². The van der Waals surface area contributed by atoms with Gasteiger partial charge in [0.2, 0.25) is 0 Å². The topological polar surface area (TPSA) is 96.3 Å². The van der Waals surface area contributed by atoms with Gasteiger partial charge in [0.15, 0.2) is 14.6 Å². The fourth-order valence-electron chi connectivity index (χ4n) is 3.19. The lowest BCUT2D eigenvalue weighted by Crippen LogP contribution is -2.38.